The topological polar surface area (TPSA) is 79.3 Å². The number of hydrogen-bond donors (Lipinski definition) is 1. The van der Waals surface area contributed by atoms with Gasteiger partial charge in [-0.05, 0) is 61.6 Å². The Morgan fingerprint density at radius 1 is 1.37 bits per heavy atom. The predicted molar refractivity (Wildman–Crippen MR) is 106 cm³/mol. The van der Waals surface area contributed by atoms with Crippen molar-refractivity contribution in [1.29, 1.82) is 5.26 Å². The van der Waals surface area contributed by atoms with Gasteiger partial charge in [-0.1, -0.05) is 19.1 Å². The van der Waals surface area contributed by atoms with E-state index < -0.39 is 0 Å². The van der Waals surface area contributed by atoms with Gasteiger partial charge in [-0.2, -0.15) is 5.26 Å². The number of hydrogen-bond acceptors (Lipinski definition) is 5. The Morgan fingerprint density at radius 2 is 2.19 bits per heavy atom. The molecule has 2 N–H and O–H groups in total. The third kappa shape index (κ3) is 4.12. The van der Waals surface area contributed by atoms with Gasteiger partial charge in [0.25, 0.3) is 0 Å². The normalized spacial score (nSPS) is 13.8. The highest BCUT2D eigenvalue weighted by molar-refractivity contribution is 5.91. The Morgan fingerprint density at radius 3 is 2.89 bits per heavy atom. The molecule has 2 aromatic rings. The minimum absolute atomic E-state index is 0.0536. The summed E-state index contributed by atoms with van der Waals surface area (Å²) in [5.41, 5.74) is 11.2. The van der Waals surface area contributed by atoms with Crippen molar-refractivity contribution in [3.63, 3.8) is 0 Å². The van der Waals surface area contributed by atoms with E-state index in [9.17, 15) is 10.1 Å². The molecule has 3 rings (SSSR count). The molecule has 0 aromatic heterocycles. The number of anilines is 2. The lowest BCUT2D eigenvalue weighted by atomic mass is 9.99. The van der Waals surface area contributed by atoms with Crippen LogP contribution in [0.2, 0.25) is 0 Å². The summed E-state index contributed by atoms with van der Waals surface area (Å²) in [5.74, 6) is -0.314. The van der Waals surface area contributed by atoms with E-state index in [1.807, 2.05) is 38.1 Å². The first kappa shape index (κ1) is 18.9. The summed E-state index contributed by atoms with van der Waals surface area (Å²) < 4.78 is 5.24. The van der Waals surface area contributed by atoms with Crippen LogP contribution in [0.1, 0.15) is 47.3 Å². The van der Waals surface area contributed by atoms with Gasteiger partial charge in [-0.15, -0.1) is 0 Å². The molecule has 1 atom stereocenters. The molecule has 0 saturated heterocycles. The summed E-state index contributed by atoms with van der Waals surface area (Å²) in [6.45, 7) is 5.12. The minimum atomic E-state index is -0.314. The second kappa shape index (κ2) is 8.24. The Labute approximate surface area is 160 Å². The van der Waals surface area contributed by atoms with Crippen molar-refractivity contribution in [1.82, 2.24) is 0 Å². The van der Waals surface area contributed by atoms with Crippen LogP contribution in [0.5, 0.6) is 0 Å². The molecule has 0 unspecified atom stereocenters. The fraction of sp³-hybridized carbons (Fsp3) is 0.364. The molecule has 0 saturated carbocycles. The number of fused-ring (bicyclic) bond motifs is 1. The van der Waals surface area contributed by atoms with Gasteiger partial charge in [0.15, 0.2) is 0 Å². The van der Waals surface area contributed by atoms with Crippen molar-refractivity contribution in [3.05, 3.63) is 58.7 Å². The van der Waals surface area contributed by atoms with Gasteiger partial charge in [-0.25, -0.2) is 4.79 Å². The maximum absolute atomic E-state index is 12.2. The predicted octanol–water partition coefficient (Wildman–Crippen LogP) is 3.71. The van der Waals surface area contributed by atoms with E-state index in [1.54, 1.807) is 6.07 Å². The van der Waals surface area contributed by atoms with E-state index in [1.165, 1.54) is 0 Å². The molecule has 0 fully saturated rings. The highest BCUT2D eigenvalue weighted by Gasteiger charge is 2.25. The van der Waals surface area contributed by atoms with Crippen LogP contribution in [-0.4, -0.2) is 25.2 Å². The molecule has 0 amide bonds. The smallest absolute Gasteiger partial charge is 0.338 e. The second-order valence-corrected chi connectivity index (χ2v) is 7.03. The molecule has 1 aliphatic rings. The summed E-state index contributed by atoms with van der Waals surface area (Å²) >= 11 is 0. The molecule has 1 heterocycles. The zero-order valence-electron chi connectivity index (χ0n) is 15.9. The summed E-state index contributed by atoms with van der Waals surface area (Å²) in [6.07, 6.45) is 2.40. The van der Waals surface area contributed by atoms with Gasteiger partial charge >= 0.3 is 5.97 Å². The number of benzene rings is 2. The van der Waals surface area contributed by atoms with E-state index >= 15 is 0 Å². The quantitative estimate of drug-likeness (QED) is 0.792. The van der Waals surface area contributed by atoms with Crippen LogP contribution in [0.25, 0.3) is 0 Å². The first-order valence-corrected chi connectivity index (χ1v) is 9.39. The molecule has 27 heavy (non-hydrogen) atoms. The Kier molecular flexibility index (Phi) is 5.78. The van der Waals surface area contributed by atoms with E-state index in [4.69, 9.17) is 10.5 Å². The summed E-state index contributed by atoms with van der Waals surface area (Å²) in [5, 5.41) is 9.68. The van der Waals surface area contributed by atoms with Crippen LogP contribution in [0.15, 0.2) is 36.4 Å². The fourth-order valence-electron chi connectivity index (χ4n) is 3.53. The van der Waals surface area contributed by atoms with Crippen LogP contribution < -0.4 is 10.6 Å². The maximum atomic E-state index is 12.2. The van der Waals surface area contributed by atoms with Crippen molar-refractivity contribution in [2.75, 3.05) is 18.1 Å². The van der Waals surface area contributed by atoms with E-state index in [0.29, 0.717) is 17.7 Å². The number of carbonyl (C=O) groups excluding carboxylic acids is 1. The molecular weight excluding hydrogens is 338 g/mol. The fourth-order valence-corrected chi connectivity index (χ4v) is 3.53. The maximum Gasteiger partial charge on any atom is 0.338 e. The lowest BCUT2D eigenvalue weighted by Crippen LogP contribution is -2.18. The average Bonchev–Trinajstić information content (AvgIpc) is 3.09. The Balaban J connectivity index is 1.94. The van der Waals surface area contributed by atoms with Crippen LogP contribution in [-0.2, 0) is 17.6 Å². The van der Waals surface area contributed by atoms with Gasteiger partial charge in [0.1, 0.15) is 6.07 Å². The highest BCUT2D eigenvalue weighted by Crippen LogP contribution is 2.38. The van der Waals surface area contributed by atoms with Gasteiger partial charge in [-0.3, -0.25) is 0 Å². The molecule has 0 bridgehead atoms. The molecule has 5 heteroatoms. The third-order valence-electron chi connectivity index (χ3n) is 4.63. The number of carbonyl (C=O) groups is 1. The first-order valence-electron chi connectivity index (χ1n) is 9.39. The van der Waals surface area contributed by atoms with Crippen LogP contribution in [0, 0.1) is 11.3 Å². The highest BCUT2D eigenvalue weighted by atomic mass is 16.5. The summed E-state index contributed by atoms with van der Waals surface area (Å²) in [4.78, 5) is 14.3. The van der Waals surface area contributed by atoms with Crippen molar-refractivity contribution in [2.45, 2.75) is 39.2 Å². The third-order valence-corrected chi connectivity index (χ3v) is 4.63. The van der Waals surface area contributed by atoms with E-state index in [0.717, 1.165) is 48.3 Å². The van der Waals surface area contributed by atoms with Gasteiger partial charge in [0.2, 0.25) is 0 Å². The minimum Gasteiger partial charge on any atom is -0.462 e. The number of nitriles is 1. The molecular formula is C22H25N3O2. The van der Waals surface area contributed by atoms with Gasteiger partial charge in [0.05, 0.1) is 23.4 Å². The number of nitrogens with zero attached hydrogens (tertiary/aromatic N) is 2. The number of esters is 1. The molecule has 5 nitrogen and oxygen atoms in total. The molecule has 140 valence electrons. The lowest BCUT2D eigenvalue weighted by Gasteiger charge is -2.22. The van der Waals surface area contributed by atoms with Crippen molar-refractivity contribution >= 4 is 17.3 Å². The van der Waals surface area contributed by atoms with Crippen LogP contribution >= 0.6 is 0 Å². The number of nitrogens with two attached hydrogens (primary N) is 1. The van der Waals surface area contributed by atoms with Crippen LogP contribution in [0.4, 0.5) is 11.4 Å². The monoisotopic (exact) mass is 363 g/mol. The molecule has 0 radical (unpaired) electrons. The molecule has 1 aliphatic heterocycles. The van der Waals surface area contributed by atoms with E-state index in [2.05, 4.69) is 17.0 Å². The van der Waals surface area contributed by atoms with E-state index in [-0.39, 0.29) is 12.0 Å². The number of ether oxygens (including phenoxy) is 1. The number of rotatable bonds is 6. The summed E-state index contributed by atoms with van der Waals surface area (Å²) in [7, 11) is 0. The molecule has 0 aliphatic carbocycles. The first-order chi connectivity index (χ1) is 13.0. The Bertz CT molecular complexity index is 884. The zero-order valence-corrected chi connectivity index (χ0v) is 15.9. The van der Waals surface area contributed by atoms with Gasteiger partial charge in [0, 0.05) is 18.3 Å². The lowest BCUT2D eigenvalue weighted by molar-refractivity contribution is 0.0505. The Hall–Kier alpha value is -2.84. The second-order valence-electron chi connectivity index (χ2n) is 7.03. The largest absolute Gasteiger partial charge is 0.462 e. The molecule has 0 spiro atoms. The SMILES string of the molecule is CCCOC(=O)c1cccc(N2CCc3cc(C[C@@H](C)N)cc(C#N)c32)c1. The van der Waals surface area contributed by atoms with Crippen molar-refractivity contribution in [2.24, 2.45) is 5.73 Å². The summed E-state index contributed by atoms with van der Waals surface area (Å²) in [6, 6.07) is 13.9. The van der Waals surface area contributed by atoms with Crippen LogP contribution in [0.3, 0.4) is 0 Å². The van der Waals surface area contributed by atoms with Crippen molar-refractivity contribution in [3.8, 4) is 6.07 Å². The molecule has 2 aromatic carbocycles. The van der Waals surface area contributed by atoms with Gasteiger partial charge < -0.3 is 15.4 Å². The van der Waals surface area contributed by atoms with Crippen molar-refractivity contribution < 1.29 is 9.53 Å². The standard InChI is InChI=1S/C22H25N3O2/c1-3-9-27-22(26)18-5-4-6-20(13-18)25-8-7-17-11-16(10-15(2)24)12-19(14-23)21(17)25/h4-6,11-13,15H,3,7-10,24H2,1-2H3/t15-/m1/s1. The zero-order chi connectivity index (χ0) is 19.4. The average molecular weight is 363 g/mol.